The van der Waals surface area contributed by atoms with Crippen molar-refractivity contribution in [3.8, 4) is 11.5 Å². The van der Waals surface area contributed by atoms with Crippen LogP contribution in [0.15, 0.2) is 41.3 Å². The summed E-state index contributed by atoms with van der Waals surface area (Å²) in [5, 5.41) is 3.50. The first-order chi connectivity index (χ1) is 13.7. The van der Waals surface area contributed by atoms with Gasteiger partial charge in [0.15, 0.2) is 0 Å². The zero-order valence-electron chi connectivity index (χ0n) is 16.9. The fourth-order valence-electron chi connectivity index (χ4n) is 3.55. The monoisotopic (exact) mass is 531 g/mol. The third-order valence-corrected chi connectivity index (χ3v) is 6.87. The maximum atomic E-state index is 12.9. The number of rotatable bonds is 6. The zero-order valence-corrected chi connectivity index (χ0v) is 19.9. The largest absolute Gasteiger partial charge is 0.494 e. The summed E-state index contributed by atoms with van der Waals surface area (Å²) in [7, 11) is -0.650. The first-order valence-corrected chi connectivity index (χ1v) is 11.8. The normalized spacial score (nSPS) is 19.7. The molecule has 0 radical (unpaired) electrons. The van der Waals surface area contributed by atoms with E-state index in [0.29, 0.717) is 29.3 Å². The van der Waals surface area contributed by atoms with E-state index < -0.39 is 10.0 Å². The Morgan fingerprint density at radius 1 is 1.03 bits per heavy atom. The maximum absolute atomic E-state index is 12.9. The fourth-order valence-corrected chi connectivity index (χ4v) is 4.97. The predicted octanol–water partition coefficient (Wildman–Crippen LogP) is 3.30. The number of nitrogens with one attached hydrogen (secondary N) is 2. The highest BCUT2D eigenvalue weighted by Gasteiger charge is 2.26. The molecule has 1 aliphatic rings. The van der Waals surface area contributed by atoms with Crippen molar-refractivity contribution in [2.45, 2.75) is 30.8 Å². The van der Waals surface area contributed by atoms with Gasteiger partial charge in [-0.05, 0) is 66.8 Å². The Bertz CT molecular complexity index is 956. The van der Waals surface area contributed by atoms with Crippen molar-refractivity contribution in [3.05, 3.63) is 40.0 Å². The topological polar surface area (TPSA) is 79.9 Å². The number of nitrogens with zero attached hydrogens (tertiary/aromatic N) is 1. The molecule has 1 aliphatic heterocycles. The molecule has 2 unspecified atom stereocenters. The van der Waals surface area contributed by atoms with Crippen LogP contribution in [0.3, 0.4) is 0 Å². The molecule has 1 saturated heterocycles. The van der Waals surface area contributed by atoms with E-state index in [9.17, 15) is 8.42 Å². The van der Waals surface area contributed by atoms with Gasteiger partial charge in [-0.2, -0.15) is 0 Å². The molecule has 3 rings (SSSR count). The van der Waals surface area contributed by atoms with Gasteiger partial charge in [0, 0.05) is 34.8 Å². The average molecular weight is 531 g/mol. The van der Waals surface area contributed by atoms with Crippen LogP contribution < -0.4 is 24.4 Å². The van der Waals surface area contributed by atoms with Gasteiger partial charge in [-0.25, -0.2) is 8.42 Å². The third kappa shape index (κ3) is 5.07. The Balaban J connectivity index is 2.00. The van der Waals surface area contributed by atoms with E-state index in [-0.39, 0.29) is 4.90 Å². The molecule has 2 atom stereocenters. The van der Waals surface area contributed by atoms with Gasteiger partial charge >= 0.3 is 0 Å². The number of halogens is 1. The smallest absolute Gasteiger partial charge is 0.262 e. The number of hydrogen-bond donors (Lipinski definition) is 2. The van der Waals surface area contributed by atoms with Crippen LogP contribution in [0.25, 0.3) is 0 Å². The number of sulfonamides is 1. The van der Waals surface area contributed by atoms with E-state index in [1.165, 1.54) is 7.11 Å². The highest BCUT2D eigenvalue weighted by molar-refractivity contribution is 14.1. The lowest BCUT2D eigenvalue weighted by Gasteiger charge is -2.38. The molecule has 0 aliphatic carbocycles. The second-order valence-electron chi connectivity index (χ2n) is 7.16. The van der Waals surface area contributed by atoms with Crippen LogP contribution >= 0.6 is 22.6 Å². The lowest BCUT2D eigenvalue weighted by atomic mass is 10.1. The van der Waals surface area contributed by atoms with E-state index >= 15 is 0 Å². The summed E-state index contributed by atoms with van der Waals surface area (Å²) in [5.41, 5.74) is 1.20. The molecule has 2 aromatic rings. The number of hydrogen-bond acceptors (Lipinski definition) is 6. The molecule has 0 bridgehead atoms. The number of ether oxygens (including phenoxy) is 2. The van der Waals surface area contributed by atoms with Gasteiger partial charge in [0.1, 0.15) is 11.5 Å². The van der Waals surface area contributed by atoms with Crippen molar-refractivity contribution < 1.29 is 17.9 Å². The Morgan fingerprint density at radius 2 is 1.62 bits per heavy atom. The van der Waals surface area contributed by atoms with Crippen LogP contribution in [0.2, 0.25) is 0 Å². The van der Waals surface area contributed by atoms with Crippen molar-refractivity contribution in [1.29, 1.82) is 0 Å². The summed E-state index contributed by atoms with van der Waals surface area (Å²) >= 11 is 2.14. The molecule has 0 aromatic heterocycles. The molecule has 29 heavy (non-hydrogen) atoms. The second-order valence-corrected chi connectivity index (χ2v) is 10.1. The van der Waals surface area contributed by atoms with Gasteiger partial charge in [0.05, 0.1) is 30.5 Å². The minimum Gasteiger partial charge on any atom is -0.494 e. The summed E-state index contributed by atoms with van der Waals surface area (Å²) in [4.78, 5) is 2.40. The Morgan fingerprint density at radius 3 is 2.17 bits per heavy atom. The molecule has 0 amide bonds. The summed E-state index contributed by atoms with van der Waals surface area (Å²) in [6, 6.07) is 10.8. The van der Waals surface area contributed by atoms with Crippen molar-refractivity contribution in [2.75, 3.05) is 36.9 Å². The van der Waals surface area contributed by atoms with Gasteiger partial charge in [0.25, 0.3) is 10.0 Å². The van der Waals surface area contributed by atoms with E-state index in [0.717, 1.165) is 22.3 Å². The first-order valence-electron chi connectivity index (χ1n) is 9.29. The number of methoxy groups -OCH3 is 2. The van der Waals surface area contributed by atoms with E-state index in [2.05, 4.69) is 51.4 Å². The lowest BCUT2D eigenvalue weighted by Crippen LogP contribution is -2.54. The van der Waals surface area contributed by atoms with E-state index in [4.69, 9.17) is 9.47 Å². The Kier molecular flexibility index (Phi) is 6.79. The molecule has 0 saturated carbocycles. The minimum atomic E-state index is -3.76. The molecule has 2 aromatic carbocycles. The number of anilines is 2. The zero-order chi connectivity index (χ0) is 21.2. The van der Waals surface area contributed by atoms with Gasteiger partial charge in [0.2, 0.25) is 0 Å². The Labute approximate surface area is 186 Å². The Hall–Kier alpha value is -1.72. The SMILES string of the molecule is COc1cc(OC)c(N2CC(C)NC(C)C2)cc1NS(=O)(=O)c1ccc(I)cc1. The molecular formula is C20H26IN3O4S. The summed E-state index contributed by atoms with van der Waals surface area (Å²) in [5.74, 6) is 1.04. The predicted molar refractivity (Wildman–Crippen MR) is 124 cm³/mol. The van der Waals surface area contributed by atoms with Crippen LogP contribution in [-0.4, -0.2) is 47.8 Å². The molecule has 158 valence electrons. The van der Waals surface area contributed by atoms with Gasteiger partial charge in [-0.1, -0.05) is 0 Å². The van der Waals surface area contributed by atoms with Crippen LogP contribution in [0.4, 0.5) is 11.4 Å². The third-order valence-electron chi connectivity index (χ3n) is 4.77. The maximum Gasteiger partial charge on any atom is 0.262 e. The lowest BCUT2D eigenvalue weighted by molar-refractivity contribution is 0.384. The average Bonchev–Trinajstić information content (AvgIpc) is 2.67. The number of benzene rings is 2. The second kappa shape index (κ2) is 8.97. The summed E-state index contributed by atoms with van der Waals surface area (Å²) in [6.45, 7) is 5.82. The van der Waals surface area contributed by atoms with Crippen LogP contribution in [0, 0.1) is 3.57 Å². The highest BCUT2D eigenvalue weighted by Crippen LogP contribution is 2.40. The molecule has 7 nitrogen and oxygen atoms in total. The molecule has 0 spiro atoms. The molecular weight excluding hydrogens is 505 g/mol. The summed E-state index contributed by atoms with van der Waals surface area (Å²) in [6.07, 6.45) is 0. The van der Waals surface area contributed by atoms with Crippen molar-refractivity contribution in [1.82, 2.24) is 5.32 Å². The van der Waals surface area contributed by atoms with E-state index in [1.807, 2.05) is 0 Å². The van der Waals surface area contributed by atoms with Gasteiger partial charge in [-0.3, -0.25) is 4.72 Å². The standard InChI is InChI=1S/C20H26IN3O4S/c1-13-11-24(12-14(2)22-13)18-9-17(19(27-3)10-20(18)28-4)23-29(25,26)16-7-5-15(21)6-8-16/h5-10,13-14,22-23H,11-12H2,1-4H3. The van der Waals surface area contributed by atoms with Crippen LogP contribution in [0.5, 0.6) is 11.5 Å². The number of piperazine rings is 1. The minimum absolute atomic E-state index is 0.196. The van der Waals surface area contributed by atoms with Gasteiger partial charge in [-0.15, -0.1) is 0 Å². The van der Waals surface area contributed by atoms with E-state index in [1.54, 1.807) is 43.5 Å². The summed E-state index contributed by atoms with van der Waals surface area (Å²) < 4.78 is 40.5. The molecule has 1 heterocycles. The highest BCUT2D eigenvalue weighted by atomic mass is 127. The van der Waals surface area contributed by atoms with Crippen LogP contribution in [-0.2, 0) is 10.0 Å². The van der Waals surface area contributed by atoms with Crippen molar-refractivity contribution >= 4 is 44.0 Å². The van der Waals surface area contributed by atoms with Crippen molar-refractivity contribution in [2.24, 2.45) is 0 Å². The molecule has 9 heteroatoms. The fraction of sp³-hybridized carbons (Fsp3) is 0.400. The molecule has 2 N–H and O–H groups in total. The molecule has 1 fully saturated rings. The van der Waals surface area contributed by atoms with Crippen molar-refractivity contribution in [3.63, 3.8) is 0 Å². The quantitative estimate of drug-likeness (QED) is 0.558. The van der Waals surface area contributed by atoms with Crippen LogP contribution in [0.1, 0.15) is 13.8 Å². The first kappa shape index (κ1) is 22.0. The van der Waals surface area contributed by atoms with Gasteiger partial charge < -0.3 is 19.7 Å².